The Hall–Kier alpha value is -2.09. The molecule has 16 heteroatoms. The van der Waals surface area contributed by atoms with E-state index in [0.29, 0.717) is 61.5 Å². The second-order valence-corrected chi connectivity index (χ2v) is 13.4. The number of urea groups is 1. The Kier molecular flexibility index (Phi) is 14.3. The summed E-state index contributed by atoms with van der Waals surface area (Å²) in [4.78, 5) is 45.6. The maximum Gasteiger partial charge on any atom is 0.416 e. The number of likely N-dealkylation sites (tertiary alicyclic amines) is 1. The molecule has 0 unspecified atom stereocenters. The van der Waals surface area contributed by atoms with Crippen LogP contribution in [-0.2, 0) is 61.1 Å². The predicted molar refractivity (Wildman–Crippen MR) is 171 cm³/mol. The number of nitrogens with zero attached hydrogens (tertiary/aromatic N) is 4. The van der Waals surface area contributed by atoms with E-state index in [1.807, 2.05) is 13.8 Å². The molecule has 2 heterocycles. The topological polar surface area (TPSA) is 64.2 Å². The Morgan fingerprint density at radius 1 is 0.857 bits per heavy atom. The van der Waals surface area contributed by atoms with E-state index in [1.165, 1.54) is 4.90 Å². The van der Waals surface area contributed by atoms with Crippen molar-refractivity contribution in [2.24, 2.45) is 5.92 Å². The number of rotatable bonds is 7. The van der Waals surface area contributed by atoms with Crippen LogP contribution in [0.1, 0.15) is 56.2 Å². The number of carbonyl (C=O) groups is 3. The summed E-state index contributed by atoms with van der Waals surface area (Å²) < 4.78 is 81.3. The Balaban J connectivity index is 0.00000650. The van der Waals surface area contributed by atoms with E-state index in [2.05, 4.69) is 0 Å². The van der Waals surface area contributed by atoms with Gasteiger partial charge in [0.25, 0.3) is 0 Å². The van der Waals surface area contributed by atoms with Gasteiger partial charge in [0.2, 0.25) is 11.8 Å². The Bertz CT molecular complexity index is 1470. The predicted octanol–water partition coefficient (Wildman–Crippen LogP) is 7.97. The average molecular weight is 811 g/mol. The molecule has 2 aliphatic rings. The van der Waals surface area contributed by atoms with Gasteiger partial charge in [-0.15, -0.1) is 0 Å². The SMILES string of the molecule is C[C-](C)CCC(=O)N1CCC(C(=O)N2CCN(C(=O)N(C)c3cc(C(F)(F)F)cc(C(F)(F)F)c3)[C@H](Cc3ccc(Cl)c(Cl)c3)C2)CC1.[Y]. The zero-order valence-electron chi connectivity index (χ0n) is 27.3. The molecule has 2 saturated heterocycles. The normalized spacial score (nSPS) is 17.6. The molecule has 7 nitrogen and oxygen atoms in total. The smallest absolute Gasteiger partial charge is 0.343 e. The fourth-order valence-corrected chi connectivity index (χ4v) is 6.33. The van der Waals surface area contributed by atoms with Crippen molar-refractivity contribution in [1.29, 1.82) is 0 Å². The number of carbonyl (C=O) groups excluding carboxylic acids is 3. The number of hydrogen-bond acceptors (Lipinski definition) is 3. The molecular weight excluding hydrogens is 774 g/mol. The standard InChI is InChI=1S/C33H37Cl2F6N4O3.Y/c1-20(2)4-7-29(46)43-10-8-22(9-11-43)30(47)44-12-13-45(26(19-44)14-21-5-6-27(34)28(35)15-21)31(48)42(3)25-17-23(32(36,37)38)16-24(18-25)33(39,40)41;/h5-6,15-18,22,26H,4,7-14,19H2,1-3H3;/q-1;/t26-;/m1./s1. The number of anilines is 1. The number of piperazine rings is 1. The second-order valence-electron chi connectivity index (χ2n) is 12.6. The number of amides is 4. The third-order valence-corrected chi connectivity index (χ3v) is 9.52. The van der Waals surface area contributed by atoms with Gasteiger partial charge < -0.3 is 20.6 Å². The quantitative estimate of drug-likeness (QED) is 0.211. The zero-order chi connectivity index (χ0) is 35.6. The molecule has 49 heavy (non-hydrogen) atoms. The van der Waals surface area contributed by atoms with Gasteiger partial charge in [-0.05, 0) is 61.6 Å². The van der Waals surface area contributed by atoms with Gasteiger partial charge in [-0.1, -0.05) is 29.3 Å². The fraction of sp³-hybridized carbons (Fsp3) is 0.515. The van der Waals surface area contributed by atoms with E-state index in [4.69, 9.17) is 23.2 Å². The van der Waals surface area contributed by atoms with Crippen molar-refractivity contribution >= 4 is 46.7 Å². The maximum atomic E-state index is 13.8. The summed E-state index contributed by atoms with van der Waals surface area (Å²) in [7, 11) is 1.11. The van der Waals surface area contributed by atoms with Crippen molar-refractivity contribution in [2.75, 3.05) is 44.7 Å². The summed E-state index contributed by atoms with van der Waals surface area (Å²) in [5, 5.41) is 0.552. The van der Waals surface area contributed by atoms with Crippen LogP contribution in [0.15, 0.2) is 36.4 Å². The average Bonchev–Trinajstić information content (AvgIpc) is 3.03. The first-order valence-electron chi connectivity index (χ1n) is 15.5. The number of hydrogen-bond donors (Lipinski definition) is 0. The Labute approximate surface area is 317 Å². The van der Waals surface area contributed by atoms with Crippen molar-refractivity contribution in [2.45, 2.75) is 64.3 Å². The van der Waals surface area contributed by atoms with E-state index in [9.17, 15) is 40.7 Å². The molecule has 0 bridgehead atoms. The molecular formula is C33H37Cl2F6N4O3Y-. The molecule has 1 radical (unpaired) electrons. The maximum absolute atomic E-state index is 13.8. The minimum atomic E-state index is -5.08. The minimum absolute atomic E-state index is 0. The van der Waals surface area contributed by atoms with Gasteiger partial charge in [-0.25, -0.2) is 4.79 Å². The molecule has 2 fully saturated rings. The number of benzene rings is 2. The third-order valence-electron chi connectivity index (χ3n) is 8.78. The number of alkyl halides is 6. The van der Waals surface area contributed by atoms with E-state index in [-0.39, 0.29) is 87.6 Å². The second kappa shape index (κ2) is 17.0. The molecule has 0 N–H and O–H groups in total. The van der Waals surface area contributed by atoms with Crippen LogP contribution in [-0.4, -0.2) is 78.4 Å². The molecule has 1 atom stereocenters. The summed E-state index contributed by atoms with van der Waals surface area (Å²) in [6.07, 6.45) is -7.91. The van der Waals surface area contributed by atoms with E-state index >= 15 is 0 Å². The minimum Gasteiger partial charge on any atom is -0.343 e. The first-order chi connectivity index (χ1) is 22.3. The van der Waals surface area contributed by atoms with Gasteiger partial charge >= 0.3 is 18.4 Å². The summed E-state index contributed by atoms with van der Waals surface area (Å²) in [6.45, 7) is 4.99. The third kappa shape index (κ3) is 10.7. The number of piperidine rings is 1. The molecule has 0 saturated carbocycles. The van der Waals surface area contributed by atoms with Crippen molar-refractivity contribution in [3.63, 3.8) is 0 Å². The van der Waals surface area contributed by atoms with Crippen molar-refractivity contribution in [3.8, 4) is 0 Å². The summed E-state index contributed by atoms with van der Waals surface area (Å²) in [5.41, 5.74) is -3.00. The Morgan fingerprint density at radius 3 is 1.98 bits per heavy atom. The van der Waals surface area contributed by atoms with Gasteiger partial charge in [0.05, 0.1) is 27.2 Å². The summed E-state index contributed by atoms with van der Waals surface area (Å²) in [5.74, 6) is 0.735. The largest absolute Gasteiger partial charge is 0.416 e. The molecule has 4 amide bonds. The molecule has 267 valence electrons. The summed E-state index contributed by atoms with van der Waals surface area (Å²) >= 11 is 12.3. The van der Waals surface area contributed by atoms with Crippen LogP contribution in [0, 0.1) is 11.8 Å². The van der Waals surface area contributed by atoms with E-state index in [0.717, 1.165) is 17.9 Å². The summed E-state index contributed by atoms with van der Waals surface area (Å²) in [6, 6.07) is 4.34. The van der Waals surface area contributed by atoms with Crippen LogP contribution in [0.5, 0.6) is 0 Å². The van der Waals surface area contributed by atoms with Gasteiger partial charge in [0.15, 0.2) is 0 Å². The van der Waals surface area contributed by atoms with Crippen LogP contribution in [0.2, 0.25) is 10.0 Å². The van der Waals surface area contributed by atoms with Gasteiger partial charge in [-0.2, -0.15) is 46.6 Å². The molecule has 2 aromatic carbocycles. The van der Waals surface area contributed by atoms with Crippen LogP contribution in [0.3, 0.4) is 0 Å². The van der Waals surface area contributed by atoms with Crippen LogP contribution < -0.4 is 4.90 Å². The molecule has 2 aliphatic heterocycles. The van der Waals surface area contributed by atoms with Crippen molar-refractivity contribution in [1.82, 2.24) is 14.7 Å². The molecule has 0 aromatic heterocycles. The first-order valence-corrected chi connectivity index (χ1v) is 16.2. The first kappa shape index (κ1) is 41.3. The van der Waals surface area contributed by atoms with Crippen molar-refractivity contribution < 1.29 is 73.4 Å². The van der Waals surface area contributed by atoms with Gasteiger partial charge in [0.1, 0.15) is 0 Å². The van der Waals surface area contributed by atoms with E-state index in [1.54, 1.807) is 28.0 Å². The van der Waals surface area contributed by atoms with Crippen LogP contribution in [0.4, 0.5) is 36.8 Å². The molecule has 4 rings (SSSR count). The van der Waals surface area contributed by atoms with Gasteiger partial charge in [-0.3, -0.25) is 14.5 Å². The molecule has 2 aromatic rings. The monoisotopic (exact) mass is 810 g/mol. The van der Waals surface area contributed by atoms with Gasteiger partial charge in [0, 0.05) is 84.1 Å². The fourth-order valence-electron chi connectivity index (χ4n) is 6.01. The number of halogens is 8. The van der Waals surface area contributed by atoms with E-state index < -0.39 is 41.2 Å². The molecule has 0 aliphatic carbocycles. The van der Waals surface area contributed by atoms with Crippen LogP contribution >= 0.6 is 23.2 Å². The zero-order valence-corrected chi connectivity index (χ0v) is 31.7. The molecule has 0 spiro atoms. The van der Waals surface area contributed by atoms with Crippen LogP contribution in [0.25, 0.3) is 0 Å². The Morgan fingerprint density at radius 2 is 1.45 bits per heavy atom. The van der Waals surface area contributed by atoms with Crippen molar-refractivity contribution in [3.05, 3.63) is 69.1 Å².